The van der Waals surface area contributed by atoms with Crippen molar-refractivity contribution in [2.24, 2.45) is 7.05 Å². The third kappa shape index (κ3) is 2.69. The molecule has 0 aliphatic rings. The topological polar surface area (TPSA) is 42.7 Å². The average Bonchev–Trinajstić information content (AvgIpc) is 2.92. The quantitative estimate of drug-likeness (QED) is 0.787. The Morgan fingerprint density at radius 2 is 1.85 bits per heavy atom. The van der Waals surface area contributed by atoms with Gasteiger partial charge in [0.1, 0.15) is 0 Å². The summed E-state index contributed by atoms with van der Waals surface area (Å²) in [4.78, 5) is 4.47. The molecular weight excluding hydrogens is 248 g/mol. The van der Waals surface area contributed by atoms with Crippen LogP contribution < -0.4 is 5.32 Å². The van der Waals surface area contributed by atoms with Gasteiger partial charge in [0.2, 0.25) is 0 Å². The predicted octanol–water partition coefficient (Wildman–Crippen LogP) is 3.02. The lowest BCUT2D eigenvalue weighted by Gasteiger charge is -2.18. The van der Waals surface area contributed by atoms with Gasteiger partial charge < -0.3 is 5.32 Å². The number of hydrogen-bond donors (Lipinski definition) is 1. The number of anilines is 1. The minimum atomic E-state index is 0.0154. The molecule has 0 saturated carbocycles. The zero-order valence-corrected chi connectivity index (χ0v) is 11.3. The molecule has 1 atom stereocenters. The fourth-order valence-corrected chi connectivity index (χ4v) is 2.18. The van der Waals surface area contributed by atoms with Crippen molar-refractivity contribution in [3.63, 3.8) is 0 Å². The molecule has 4 nitrogen and oxygen atoms in total. The standard InChI is InChI=1S/C16H16N4/c1-20-12-14(11-18-20)19-16(13-7-3-2-4-8-13)15-9-5-6-10-17-15/h2-12,16,19H,1H3. The molecule has 0 fully saturated rings. The molecule has 3 aromatic rings. The van der Waals surface area contributed by atoms with Crippen LogP contribution in [0.25, 0.3) is 0 Å². The van der Waals surface area contributed by atoms with Gasteiger partial charge in [-0.1, -0.05) is 36.4 Å². The van der Waals surface area contributed by atoms with Gasteiger partial charge >= 0.3 is 0 Å². The van der Waals surface area contributed by atoms with Gasteiger partial charge in [-0.25, -0.2) is 0 Å². The van der Waals surface area contributed by atoms with Crippen LogP contribution in [0.2, 0.25) is 0 Å². The minimum Gasteiger partial charge on any atom is -0.370 e. The lowest BCUT2D eigenvalue weighted by molar-refractivity contribution is 0.767. The summed E-state index contributed by atoms with van der Waals surface area (Å²) in [7, 11) is 1.91. The summed E-state index contributed by atoms with van der Waals surface area (Å²) in [5.74, 6) is 0. The van der Waals surface area contributed by atoms with Crippen LogP contribution in [0.1, 0.15) is 17.3 Å². The van der Waals surface area contributed by atoms with Crippen molar-refractivity contribution in [2.45, 2.75) is 6.04 Å². The van der Waals surface area contributed by atoms with Crippen molar-refractivity contribution in [3.05, 3.63) is 78.4 Å². The third-order valence-electron chi connectivity index (χ3n) is 3.13. The number of nitrogens with one attached hydrogen (secondary N) is 1. The van der Waals surface area contributed by atoms with E-state index < -0.39 is 0 Å². The largest absolute Gasteiger partial charge is 0.370 e. The highest BCUT2D eigenvalue weighted by Gasteiger charge is 2.15. The van der Waals surface area contributed by atoms with Gasteiger partial charge in [-0.3, -0.25) is 9.67 Å². The molecule has 1 N–H and O–H groups in total. The summed E-state index contributed by atoms with van der Waals surface area (Å²) >= 11 is 0. The van der Waals surface area contributed by atoms with Gasteiger partial charge in [0, 0.05) is 19.4 Å². The Labute approximate surface area is 118 Å². The Hall–Kier alpha value is -2.62. The highest BCUT2D eigenvalue weighted by Crippen LogP contribution is 2.24. The van der Waals surface area contributed by atoms with Crippen molar-refractivity contribution in [1.82, 2.24) is 14.8 Å². The molecule has 3 rings (SSSR count). The number of nitrogens with zero attached hydrogens (tertiary/aromatic N) is 3. The van der Waals surface area contributed by atoms with E-state index >= 15 is 0 Å². The maximum Gasteiger partial charge on any atom is 0.0940 e. The number of rotatable bonds is 4. The molecule has 0 spiro atoms. The van der Waals surface area contributed by atoms with Crippen LogP contribution in [0.3, 0.4) is 0 Å². The normalized spacial score (nSPS) is 12.1. The van der Waals surface area contributed by atoms with Crippen LogP contribution in [-0.2, 0) is 7.05 Å². The summed E-state index contributed by atoms with van der Waals surface area (Å²) in [5, 5.41) is 7.68. The SMILES string of the molecule is Cn1cc(NC(c2ccccc2)c2ccccn2)cn1. The molecule has 2 aromatic heterocycles. The highest BCUT2D eigenvalue weighted by atomic mass is 15.3. The molecule has 0 bridgehead atoms. The number of aromatic nitrogens is 3. The summed E-state index contributed by atoms with van der Waals surface area (Å²) in [5.41, 5.74) is 3.14. The maximum absolute atomic E-state index is 4.47. The predicted molar refractivity (Wildman–Crippen MR) is 79.4 cm³/mol. The molecule has 2 heterocycles. The fraction of sp³-hybridized carbons (Fsp3) is 0.125. The molecule has 0 aliphatic heterocycles. The molecule has 0 saturated heterocycles. The molecule has 4 heteroatoms. The Balaban J connectivity index is 1.96. The second kappa shape index (κ2) is 5.57. The molecule has 0 aliphatic carbocycles. The second-order valence-electron chi connectivity index (χ2n) is 4.65. The lowest BCUT2D eigenvalue weighted by atomic mass is 10.0. The zero-order chi connectivity index (χ0) is 13.8. The Bertz CT molecular complexity index is 622. The first kappa shape index (κ1) is 12.4. The third-order valence-corrected chi connectivity index (χ3v) is 3.13. The van der Waals surface area contributed by atoms with Gasteiger partial charge in [-0.15, -0.1) is 0 Å². The monoisotopic (exact) mass is 264 g/mol. The molecule has 0 radical (unpaired) electrons. The van der Waals surface area contributed by atoms with E-state index in [1.807, 2.05) is 62.0 Å². The molecule has 100 valence electrons. The van der Waals surface area contributed by atoms with Gasteiger partial charge in [-0.05, 0) is 17.7 Å². The second-order valence-corrected chi connectivity index (χ2v) is 4.65. The molecule has 0 amide bonds. The van der Waals surface area contributed by atoms with E-state index in [-0.39, 0.29) is 6.04 Å². The van der Waals surface area contributed by atoms with Crippen molar-refractivity contribution in [1.29, 1.82) is 0 Å². The smallest absolute Gasteiger partial charge is 0.0940 e. The number of aryl methyl sites for hydroxylation is 1. The van der Waals surface area contributed by atoms with Crippen LogP contribution in [0, 0.1) is 0 Å². The zero-order valence-electron chi connectivity index (χ0n) is 11.3. The number of pyridine rings is 1. The molecule has 1 unspecified atom stereocenters. The Morgan fingerprint density at radius 1 is 1.05 bits per heavy atom. The summed E-state index contributed by atoms with van der Waals surface area (Å²) in [6, 6.07) is 16.3. The summed E-state index contributed by atoms with van der Waals surface area (Å²) in [6.07, 6.45) is 5.59. The summed E-state index contributed by atoms with van der Waals surface area (Å²) in [6.45, 7) is 0. The molecule has 1 aromatic carbocycles. The first-order valence-corrected chi connectivity index (χ1v) is 6.54. The van der Waals surface area contributed by atoms with E-state index in [0.717, 1.165) is 11.4 Å². The van der Waals surface area contributed by atoms with Crippen molar-refractivity contribution >= 4 is 5.69 Å². The maximum atomic E-state index is 4.47. The molecular formula is C16H16N4. The van der Waals surface area contributed by atoms with Crippen LogP contribution in [0.15, 0.2) is 67.1 Å². The van der Waals surface area contributed by atoms with E-state index in [4.69, 9.17) is 0 Å². The summed E-state index contributed by atoms with van der Waals surface area (Å²) < 4.78 is 1.78. The number of benzene rings is 1. The van der Waals surface area contributed by atoms with Crippen molar-refractivity contribution < 1.29 is 0 Å². The van der Waals surface area contributed by atoms with Crippen LogP contribution in [0.4, 0.5) is 5.69 Å². The van der Waals surface area contributed by atoms with E-state index in [2.05, 4.69) is 27.5 Å². The van der Waals surface area contributed by atoms with Crippen LogP contribution >= 0.6 is 0 Å². The van der Waals surface area contributed by atoms with Gasteiger partial charge in [-0.2, -0.15) is 5.10 Å². The van der Waals surface area contributed by atoms with Crippen LogP contribution in [-0.4, -0.2) is 14.8 Å². The van der Waals surface area contributed by atoms with Crippen molar-refractivity contribution in [3.8, 4) is 0 Å². The fourth-order valence-electron chi connectivity index (χ4n) is 2.18. The van der Waals surface area contributed by atoms with E-state index in [9.17, 15) is 0 Å². The van der Waals surface area contributed by atoms with E-state index in [0.29, 0.717) is 0 Å². The lowest BCUT2D eigenvalue weighted by Crippen LogP contribution is -2.13. The van der Waals surface area contributed by atoms with Gasteiger partial charge in [0.25, 0.3) is 0 Å². The first-order chi connectivity index (χ1) is 9.83. The van der Waals surface area contributed by atoms with Gasteiger partial charge in [0.05, 0.1) is 23.6 Å². The average molecular weight is 264 g/mol. The van der Waals surface area contributed by atoms with Crippen molar-refractivity contribution in [2.75, 3.05) is 5.32 Å². The van der Waals surface area contributed by atoms with E-state index in [1.54, 1.807) is 4.68 Å². The Kier molecular flexibility index (Phi) is 3.46. The number of hydrogen-bond acceptors (Lipinski definition) is 3. The van der Waals surface area contributed by atoms with E-state index in [1.165, 1.54) is 5.56 Å². The molecule has 20 heavy (non-hydrogen) atoms. The first-order valence-electron chi connectivity index (χ1n) is 6.54. The van der Waals surface area contributed by atoms with Gasteiger partial charge in [0.15, 0.2) is 0 Å². The highest BCUT2D eigenvalue weighted by molar-refractivity contribution is 5.45. The minimum absolute atomic E-state index is 0.0154. The Morgan fingerprint density at radius 3 is 2.50 bits per heavy atom. The van der Waals surface area contributed by atoms with Crippen LogP contribution in [0.5, 0.6) is 0 Å².